The highest BCUT2D eigenvalue weighted by atomic mass is 16.2. The molecule has 0 radical (unpaired) electrons. The molecule has 20 heavy (non-hydrogen) atoms. The molecule has 1 fully saturated rings. The maximum Gasteiger partial charge on any atom is 0.315 e. The normalized spacial score (nSPS) is 16.2. The minimum atomic E-state index is -0.0930. The Kier molecular flexibility index (Phi) is 3.85. The van der Waals surface area contributed by atoms with Crippen molar-refractivity contribution in [3.8, 4) is 0 Å². The van der Waals surface area contributed by atoms with Gasteiger partial charge in [0, 0.05) is 12.2 Å². The van der Waals surface area contributed by atoms with Gasteiger partial charge in [-0.3, -0.25) is 0 Å². The lowest BCUT2D eigenvalue weighted by molar-refractivity contribution is 0.232. The van der Waals surface area contributed by atoms with Crippen molar-refractivity contribution >= 4 is 11.5 Å². The Hall–Kier alpha value is -2.04. The Morgan fingerprint density at radius 1 is 1.30 bits per heavy atom. The number of nitrogens with one attached hydrogen (secondary N) is 2. The Bertz CT molecular complexity index is 586. The van der Waals surface area contributed by atoms with Gasteiger partial charge in [-0.15, -0.1) is 0 Å². The largest absolute Gasteiger partial charge is 0.335 e. The zero-order chi connectivity index (χ0) is 13.8. The molecular formula is C15H20N4O. The number of urea groups is 1. The molecule has 2 amide bonds. The van der Waals surface area contributed by atoms with Gasteiger partial charge in [-0.2, -0.15) is 0 Å². The predicted molar refractivity (Wildman–Crippen MR) is 77.4 cm³/mol. The molecule has 0 bridgehead atoms. The third kappa shape index (κ3) is 2.92. The molecule has 0 spiro atoms. The van der Waals surface area contributed by atoms with Gasteiger partial charge in [0.2, 0.25) is 0 Å². The molecule has 0 saturated heterocycles. The van der Waals surface area contributed by atoms with E-state index in [1.165, 1.54) is 19.3 Å². The summed E-state index contributed by atoms with van der Waals surface area (Å²) in [5.41, 5.74) is 1.04. The number of fused-ring (bicyclic) bond motifs is 1. The van der Waals surface area contributed by atoms with E-state index >= 15 is 0 Å². The van der Waals surface area contributed by atoms with Crippen molar-refractivity contribution in [2.75, 3.05) is 0 Å². The SMILES string of the molecule is O=C(NCc1ncc2ccccn12)NC1CCCCC1. The fourth-order valence-corrected chi connectivity index (χ4v) is 2.77. The van der Waals surface area contributed by atoms with Crippen LogP contribution in [0.1, 0.15) is 37.9 Å². The van der Waals surface area contributed by atoms with E-state index in [2.05, 4.69) is 15.6 Å². The summed E-state index contributed by atoms with van der Waals surface area (Å²) in [4.78, 5) is 16.2. The Labute approximate surface area is 118 Å². The fourth-order valence-electron chi connectivity index (χ4n) is 2.77. The Morgan fingerprint density at radius 2 is 2.15 bits per heavy atom. The molecule has 0 unspecified atom stereocenters. The zero-order valence-corrected chi connectivity index (χ0v) is 11.5. The molecule has 106 valence electrons. The van der Waals surface area contributed by atoms with Crippen LogP contribution in [0.2, 0.25) is 0 Å². The van der Waals surface area contributed by atoms with Gasteiger partial charge < -0.3 is 15.0 Å². The number of hydrogen-bond donors (Lipinski definition) is 2. The van der Waals surface area contributed by atoms with Gasteiger partial charge in [-0.05, 0) is 25.0 Å². The minimum Gasteiger partial charge on any atom is -0.335 e. The molecule has 0 aromatic carbocycles. The number of carbonyl (C=O) groups excluding carboxylic acids is 1. The van der Waals surface area contributed by atoms with Crippen LogP contribution in [0, 0.1) is 0 Å². The third-order valence-electron chi connectivity index (χ3n) is 3.86. The van der Waals surface area contributed by atoms with Crippen molar-refractivity contribution in [1.29, 1.82) is 0 Å². The van der Waals surface area contributed by atoms with Gasteiger partial charge in [0.05, 0.1) is 18.3 Å². The van der Waals surface area contributed by atoms with Crippen LogP contribution in [-0.2, 0) is 6.54 Å². The van der Waals surface area contributed by atoms with Gasteiger partial charge >= 0.3 is 6.03 Å². The number of hydrogen-bond acceptors (Lipinski definition) is 2. The van der Waals surface area contributed by atoms with Crippen molar-refractivity contribution in [2.45, 2.75) is 44.7 Å². The molecule has 0 atom stereocenters. The second-order valence-electron chi connectivity index (χ2n) is 5.33. The minimum absolute atomic E-state index is 0.0930. The van der Waals surface area contributed by atoms with Crippen LogP contribution in [0.3, 0.4) is 0 Å². The summed E-state index contributed by atoms with van der Waals surface area (Å²) < 4.78 is 1.99. The molecule has 2 N–H and O–H groups in total. The molecule has 5 heteroatoms. The van der Waals surface area contributed by atoms with Crippen LogP contribution < -0.4 is 10.6 Å². The van der Waals surface area contributed by atoms with Gasteiger partial charge in [-0.1, -0.05) is 25.3 Å². The van der Waals surface area contributed by atoms with E-state index in [0.29, 0.717) is 12.6 Å². The summed E-state index contributed by atoms with van der Waals surface area (Å²) in [5.74, 6) is 0.847. The highest BCUT2D eigenvalue weighted by Crippen LogP contribution is 2.17. The molecule has 2 aromatic rings. The summed E-state index contributed by atoms with van der Waals surface area (Å²) in [6, 6.07) is 6.17. The first-order valence-corrected chi connectivity index (χ1v) is 7.28. The first kappa shape index (κ1) is 13.0. The van der Waals surface area contributed by atoms with Gasteiger partial charge in [-0.25, -0.2) is 9.78 Å². The van der Waals surface area contributed by atoms with E-state index in [0.717, 1.165) is 24.2 Å². The maximum absolute atomic E-state index is 11.9. The molecular weight excluding hydrogens is 252 g/mol. The summed E-state index contributed by atoms with van der Waals surface area (Å²) in [5, 5.41) is 5.93. The number of aromatic nitrogens is 2. The molecule has 1 aliphatic rings. The third-order valence-corrected chi connectivity index (χ3v) is 3.86. The van der Waals surface area contributed by atoms with Crippen LogP contribution in [0.5, 0.6) is 0 Å². The quantitative estimate of drug-likeness (QED) is 0.901. The lowest BCUT2D eigenvalue weighted by Crippen LogP contribution is -2.42. The summed E-state index contributed by atoms with van der Waals surface area (Å²) in [7, 11) is 0. The monoisotopic (exact) mass is 272 g/mol. The second-order valence-corrected chi connectivity index (χ2v) is 5.33. The van der Waals surface area contributed by atoms with Gasteiger partial charge in [0.1, 0.15) is 5.82 Å². The average Bonchev–Trinajstić information content (AvgIpc) is 2.89. The van der Waals surface area contributed by atoms with Crippen molar-refractivity contribution in [1.82, 2.24) is 20.0 Å². The molecule has 1 aliphatic carbocycles. The molecule has 2 heterocycles. The van der Waals surface area contributed by atoms with Crippen LogP contribution in [-0.4, -0.2) is 21.5 Å². The lowest BCUT2D eigenvalue weighted by atomic mass is 9.96. The molecule has 0 aliphatic heterocycles. The molecule has 3 rings (SSSR count). The van der Waals surface area contributed by atoms with Crippen LogP contribution in [0.4, 0.5) is 4.79 Å². The topological polar surface area (TPSA) is 58.4 Å². The average molecular weight is 272 g/mol. The maximum atomic E-state index is 11.9. The van der Waals surface area contributed by atoms with Gasteiger partial charge in [0.15, 0.2) is 0 Å². The van der Waals surface area contributed by atoms with Gasteiger partial charge in [0.25, 0.3) is 0 Å². The van der Waals surface area contributed by atoms with E-state index < -0.39 is 0 Å². The lowest BCUT2D eigenvalue weighted by Gasteiger charge is -2.22. The number of imidazole rings is 1. The number of carbonyl (C=O) groups is 1. The van der Waals surface area contributed by atoms with E-state index in [4.69, 9.17) is 0 Å². The molecule has 1 saturated carbocycles. The zero-order valence-electron chi connectivity index (χ0n) is 11.5. The van der Waals surface area contributed by atoms with Crippen LogP contribution >= 0.6 is 0 Å². The smallest absolute Gasteiger partial charge is 0.315 e. The first-order valence-electron chi connectivity index (χ1n) is 7.28. The predicted octanol–water partition coefficient (Wildman–Crippen LogP) is 2.47. The fraction of sp³-hybridized carbons (Fsp3) is 0.467. The van der Waals surface area contributed by atoms with Crippen molar-refractivity contribution in [3.05, 3.63) is 36.4 Å². The summed E-state index contributed by atoms with van der Waals surface area (Å²) in [6.07, 6.45) is 9.69. The molecule has 2 aromatic heterocycles. The summed E-state index contributed by atoms with van der Waals surface area (Å²) >= 11 is 0. The first-order chi connectivity index (χ1) is 9.83. The van der Waals surface area contributed by atoms with E-state index in [-0.39, 0.29) is 6.03 Å². The van der Waals surface area contributed by atoms with E-state index in [1.54, 1.807) is 0 Å². The van der Waals surface area contributed by atoms with Crippen molar-refractivity contribution in [3.63, 3.8) is 0 Å². The van der Waals surface area contributed by atoms with Crippen molar-refractivity contribution < 1.29 is 4.79 Å². The highest BCUT2D eigenvalue weighted by Gasteiger charge is 2.15. The summed E-state index contributed by atoms with van der Waals surface area (Å²) in [6.45, 7) is 0.441. The van der Waals surface area contributed by atoms with Crippen LogP contribution in [0.15, 0.2) is 30.6 Å². The second kappa shape index (κ2) is 5.94. The molecule has 5 nitrogen and oxygen atoms in total. The number of pyridine rings is 1. The van der Waals surface area contributed by atoms with Crippen LogP contribution in [0.25, 0.3) is 5.52 Å². The van der Waals surface area contributed by atoms with Crippen molar-refractivity contribution in [2.24, 2.45) is 0 Å². The number of amides is 2. The standard InChI is InChI=1S/C15H20N4O/c20-15(18-12-6-2-1-3-7-12)17-11-14-16-10-13-8-4-5-9-19(13)14/h4-5,8-10,12H,1-3,6-7,11H2,(H2,17,18,20). The Morgan fingerprint density at radius 3 is 3.00 bits per heavy atom. The number of rotatable bonds is 3. The van der Waals surface area contributed by atoms with E-state index in [9.17, 15) is 4.79 Å². The highest BCUT2D eigenvalue weighted by molar-refractivity contribution is 5.74. The van der Waals surface area contributed by atoms with E-state index in [1.807, 2.05) is 35.0 Å². The number of nitrogens with zero attached hydrogens (tertiary/aromatic N) is 2. The Balaban J connectivity index is 1.54.